The number of nitrogens with zero attached hydrogens (tertiary/aromatic N) is 3. The molecule has 3 heterocycles. The highest BCUT2D eigenvalue weighted by molar-refractivity contribution is 7.63. The Labute approximate surface area is 189 Å². The molecule has 10 heteroatoms. The van der Waals surface area contributed by atoms with Gasteiger partial charge in [0.25, 0.3) is 12.0 Å². The fraction of sp³-hybridized carbons (Fsp3) is 0.435. The third-order valence-electron chi connectivity index (χ3n) is 6.49. The second-order valence-corrected chi connectivity index (χ2v) is 12.3. The topological polar surface area (TPSA) is 76.9 Å². The molecule has 1 aromatic carbocycles. The van der Waals surface area contributed by atoms with Crippen LogP contribution in [0.25, 0.3) is 11.0 Å². The summed E-state index contributed by atoms with van der Waals surface area (Å²) in [6.45, 7) is 3.46. The van der Waals surface area contributed by atoms with Crippen LogP contribution in [0.4, 0.5) is 19.0 Å². The van der Waals surface area contributed by atoms with E-state index >= 15 is 0 Å². The first kappa shape index (κ1) is 23.5. The summed E-state index contributed by atoms with van der Waals surface area (Å²) < 4.78 is 54.8. The van der Waals surface area contributed by atoms with Gasteiger partial charge in [0.15, 0.2) is 0 Å². The summed E-state index contributed by atoms with van der Waals surface area (Å²) in [6.07, 6.45) is 0.942. The molecule has 0 unspecified atom stereocenters. The van der Waals surface area contributed by atoms with Crippen molar-refractivity contribution >= 4 is 24.0 Å². The molecule has 3 aromatic rings. The first-order valence-corrected chi connectivity index (χ1v) is 13.3. The zero-order valence-corrected chi connectivity index (χ0v) is 19.6. The van der Waals surface area contributed by atoms with Gasteiger partial charge in [0.2, 0.25) is 0 Å². The number of benzene rings is 1. The molecule has 1 aliphatic rings. The largest absolute Gasteiger partial charge is 0.363 e. The van der Waals surface area contributed by atoms with Crippen molar-refractivity contribution in [3.8, 4) is 0 Å². The molecule has 0 amide bonds. The number of aryl methyl sites for hydroxylation is 1. The molecule has 1 saturated heterocycles. The number of nitrogens with one attached hydrogen (secondary N) is 1. The van der Waals surface area contributed by atoms with Crippen LogP contribution in [-0.4, -0.2) is 33.5 Å². The van der Waals surface area contributed by atoms with Crippen molar-refractivity contribution in [3.05, 3.63) is 63.5 Å². The molecule has 0 bridgehead atoms. The van der Waals surface area contributed by atoms with Crippen LogP contribution in [0, 0.1) is 5.82 Å². The number of alkyl halides is 2. The van der Waals surface area contributed by atoms with Crippen LogP contribution < -0.4 is 10.9 Å². The van der Waals surface area contributed by atoms with Gasteiger partial charge in [-0.05, 0) is 38.4 Å². The second kappa shape index (κ2) is 8.93. The zero-order valence-electron chi connectivity index (χ0n) is 18.7. The molecule has 0 saturated carbocycles. The van der Waals surface area contributed by atoms with Crippen LogP contribution >= 0.6 is 7.14 Å². The lowest BCUT2D eigenvalue weighted by molar-refractivity contribution is 0.146. The molecule has 1 atom stereocenters. The summed E-state index contributed by atoms with van der Waals surface area (Å²) in [5.41, 5.74) is 0.307. The van der Waals surface area contributed by atoms with E-state index in [-0.39, 0.29) is 17.0 Å². The van der Waals surface area contributed by atoms with Crippen molar-refractivity contribution in [2.75, 3.05) is 24.3 Å². The van der Waals surface area contributed by atoms with E-state index in [2.05, 4.69) is 15.3 Å². The number of rotatable bonds is 5. The quantitative estimate of drug-likeness (QED) is 0.494. The maximum absolute atomic E-state index is 14.7. The SMILES string of the molecule is C[C@@H](Nc1ncnc2c1cc(C1CCP(C)(=O)CC1)c(=O)n2C)c1cccc(C(F)F)c1F. The Kier molecular flexibility index (Phi) is 6.36. The number of anilines is 1. The van der Waals surface area contributed by atoms with Crippen molar-refractivity contribution in [2.24, 2.45) is 7.05 Å². The van der Waals surface area contributed by atoms with Gasteiger partial charge >= 0.3 is 0 Å². The van der Waals surface area contributed by atoms with Gasteiger partial charge in [-0.3, -0.25) is 9.36 Å². The monoisotopic (exact) mass is 478 g/mol. The van der Waals surface area contributed by atoms with Gasteiger partial charge in [-0.2, -0.15) is 0 Å². The molecule has 0 aliphatic carbocycles. The van der Waals surface area contributed by atoms with E-state index < -0.39 is 31.0 Å². The highest BCUT2D eigenvalue weighted by atomic mass is 31.2. The second-order valence-electron chi connectivity index (χ2n) is 8.86. The van der Waals surface area contributed by atoms with Crippen molar-refractivity contribution in [1.82, 2.24) is 14.5 Å². The third-order valence-corrected chi connectivity index (χ3v) is 8.89. The lowest BCUT2D eigenvalue weighted by Crippen LogP contribution is -2.26. The van der Waals surface area contributed by atoms with E-state index in [0.29, 0.717) is 47.6 Å². The Bertz CT molecular complexity index is 1300. The van der Waals surface area contributed by atoms with Gasteiger partial charge in [0.1, 0.15) is 23.6 Å². The number of hydrogen-bond donors (Lipinski definition) is 1. The molecule has 1 N–H and O–H groups in total. The molecule has 1 fully saturated rings. The normalized spacial score (nSPS) is 22.0. The maximum atomic E-state index is 14.7. The van der Waals surface area contributed by atoms with Gasteiger partial charge in [0.05, 0.1) is 24.1 Å². The summed E-state index contributed by atoms with van der Waals surface area (Å²) >= 11 is 0. The molecule has 176 valence electrons. The molecular weight excluding hydrogens is 452 g/mol. The van der Waals surface area contributed by atoms with Crippen LogP contribution in [-0.2, 0) is 11.6 Å². The fourth-order valence-corrected chi connectivity index (χ4v) is 6.42. The highest BCUT2D eigenvalue weighted by Gasteiger charge is 2.29. The van der Waals surface area contributed by atoms with Crippen LogP contribution in [0.15, 0.2) is 35.4 Å². The van der Waals surface area contributed by atoms with Crippen LogP contribution in [0.3, 0.4) is 0 Å². The van der Waals surface area contributed by atoms with Crippen molar-refractivity contribution in [1.29, 1.82) is 0 Å². The number of pyridine rings is 1. The number of fused-ring (bicyclic) bond motifs is 1. The van der Waals surface area contributed by atoms with Crippen LogP contribution in [0.2, 0.25) is 0 Å². The molecule has 1 aliphatic heterocycles. The molecular formula is C23H26F3N4O2P. The van der Waals surface area contributed by atoms with Gasteiger partial charge in [-0.1, -0.05) is 18.2 Å². The third kappa shape index (κ3) is 4.56. The van der Waals surface area contributed by atoms with Gasteiger partial charge in [-0.15, -0.1) is 0 Å². The van der Waals surface area contributed by atoms with E-state index in [4.69, 9.17) is 0 Å². The molecule has 33 heavy (non-hydrogen) atoms. The standard InChI is InChI=1S/C23H26F3N4O2P/c1-13(15-5-4-6-16(19(15)24)20(25)26)29-21-18-11-17(14-7-9-33(3,32)10-8-14)23(31)30(2)22(18)28-12-27-21/h4-6,11-14,20H,7-10H2,1-3H3,(H,27,28,29)/t13-,14?,33?/m1/s1. The summed E-state index contributed by atoms with van der Waals surface area (Å²) in [7, 11) is -0.500. The zero-order chi connectivity index (χ0) is 23.9. The average molecular weight is 478 g/mol. The number of halogens is 3. The number of hydrogen-bond acceptors (Lipinski definition) is 5. The van der Waals surface area contributed by atoms with Gasteiger partial charge < -0.3 is 9.88 Å². The van der Waals surface area contributed by atoms with Crippen molar-refractivity contribution in [3.63, 3.8) is 0 Å². The summed E-state index contributed by atoms with van der Waals surface area (Å²) in [5, 5.41) is 3.68. The Morgan fingerprint density at radius 1 is 1.18 bits per heavy atom. The lowest BCUT2D eigenvalue weighted by Gasteiger charge is -2.27. The van der Waals surface area contributed by atoms with Crippen molar-refractivity contribution < 1.29 is 17.7 Å². The summed E-state index contributed by atoms with van der Waals surface area (Å²) in [5.74, 6) is -0.589. The van der Waals surface area contributed by atoms with Gasteiger partial charge in [-0.25, -0.2) is 23.1 Å². The average Bonchev–Trinajstić information content (AvgIpc) is 2.76. The summed E-state index contributed by atoms with van der Waals surface area (Å²) in [4.78, 5) is 21.6. The minimum Gasteiger partial charge on any atom is -0.363 e. The predicted molar refractivity (Wildman–Crippen MR) is 123 cm³/mol. The van der Waals surface area contributed by atoms with Crippen molar-refractivity contribution in [2.45, 2.75) is 38.2 Å². The van der Waals surface area contributed by atoms with E-state index in [1.807, 2.05) is 0 Å². The first-order chi connectivity index (χ1) is 15.6. The molecule has 0 radical (unpaired) electrons. The molecule has 0 spiro atoms. The Morgan fingerprint density at radius 3 is 2.52 bits per heavy atom. The number of aromatic nitrogens is 3. The predicted octanol–water partition coefficient (Wildman–Crippen LogP) is 5.45. The molecule has 6 nitrogen and oxygen atoms in total. The maximum Gasteiger partial charge on any atom is 0.266 e. The molecule has 4 rings (SSSR count). The Hall–Kier alpha value is -2.67. The summed E-state index contributed by atoms with van der Waals surface area (Å²) in [6, 6.07) is 5.01. The van der Waals surface area contributed by atoms with Crippen LogP contribution in [0.1, 0.15) is 54.8 Å². The first-order valence-electron chi connectivity index (χ1n) is 10.8. The fourth-order valence-electron chi connectivity index (χ4n) is 4.48. The minimum atomic E-state index is -2.91. The Balaban J connectivity index is 1.73. The molecule has 2 aromatic heterocycles. The highest BCUT2D eigenvalue weighted by Crippen LogP contribution is 2.50. The van der Waals surface area contributed by atoms with Gasteiger partial charge in [0, 0.05) is 30.5 Å². The Morgan fingerprint density at radius 2 is 1.85 bits per heavy atom. The van der Waals surface area contributed by atoms with Crippen LogP contribution in [0.5, 0.6) is 0 Å². The van der Waals surface area contributed by atoms with E-state index in [1.165, 1.54) is 23.0 Å². The van der Waals surface area contributed by atoms with E-state index in [1.54, 1.807) is 26.7 Å². The smallest absolute Gasteiger partial charge is 0.266 e. The lowest BCUT2D eigenvalue weighted by atomic mass is 9.93. The minimum absolute atomic E-state index is 0.0132. The van der Waals surface area contributed by atoms with E-state index in [9.17, 15) is 22.5 Å². The van der Waals surface area contributed by atoms with E-state index in [0.717, 1.165) is 6.07 Å².